The van der Waals surface area contributed by atoms with E-state index in [0.717, 1.165) is 19.6 Å². The maximum absolute atomic E-state index is 11.9. The van der Waals surface area contributed by atoms with Crippen molar-refractivity contribution in [3.05, 3.63) is 121 Å². The smallest absolute Gasteiger partial charge is 0.108 e. The average molecular weight is 529 g/mol. The molecule has 0 bridgehead atoms. The Hall–Kier alpha value is -2.52. The highest BCUT2D eigenvalue weighted by Gasteiger charge is 2.11. The van der Waals surface area contributed by atoms with Gasteiger partial charge < -0.3 is 0 Å². The second kappa shape index (κ2) is 14.0. The fourth-order valence-corrected chi connectivity index (χ4v) is 8.33. The Balaban J connectivity index is 0.000000191. The van der Waals surface area contributed by atoms with Crippen LogP contribution in [0.15, 0.2) is 141 Å². The molecule has 4 atom stereocenters. The normalized spacial score (nSPS) is 14.1. The van der Waals surface area contributed by atoms with Gasteiger partial charge in [-0.2, -0.15) is 0 Å². The minimum Gasteiger partial charge on any atom is -0.253 e. The molecule has 0 fully saturated rings. The molecule has 8 heteroatoms. The van der Waals surface area contributed by atoms with Gasteiger partial charge in [0.25, 0.3) is 0 Å². The van der Waals surface area contributed by atoms with Crippen molar-refractivity contribution >= 4 is 43.2 Å². The van der Waals surface area contributed by atoms with Gasteiger partial charge in [-0.1, -0.05) is 72.8 Å². The van der Waals surface area contributed by atoms with Crippen LogP contribution in [0.3, 0.4) is 0 Å². The molecule has 0 saturated heterocycles. The molecule has 0 aromatic heterocycles. The van der Waals surface area contributed by atoms with E-state index in [1.54, 1.807) is 48.5 Å². The van der Waals surface area contributed by atoms with Gasteiger partial charge in [0.2, 0.25) is 0 Å². The third kappa shape index (κ3) is 8.36. The van der Waals surface area contributed by atoms with Crippen LogP contribution in [0.5, 0.6) is 0 Å². The molecule has 0 aliphatic heterocycles. The molecule has 34 heavy (non-hydrogen) atoms. The van der Waals surface area contributed by atoms with Crippen LogP contribution >= 0.6 is 0 Å². The summed E-state index contributed by atoms with van der Waals surface area (Å²) < 4.78 is 47.8. The van der Waals surface area contributed by atoms with Gasteiger partial charge in [0.15, 0.2) is 0 Å². The van der Waals surface area contributed by atoms with Crippen LogP contribution in [0.4, 0.5) is 0 Å². The molecule has 0 N–H and O–H groups in total. The number of hydrogen-bond acceptors (Lipinski definition) is 4. The molecule has 0 unspecified atom stereocenters. The van der Waals surface area contributed by atoms with Gasteiger partial charge in [0, 0.05) is 19.6 Å². The summed E-state index contributed by atoms with van der Waals surface area (Å²) in [6, 6.07) is 36.5. The van der Waals surface area contributed by atoms with E-state index >= 15 is 0 Å². The number of hydrogen-bond donors (Lipinski definition) is 0. The molecule has 0 spiro atoms. The van der Waals surface area contributed by atoms with Crippen molar-refractivity contribution in [1.29, 1.82) is 0 Å². The average Bonchev–Trinajstić information content (AvgIpc) is 2.91. The molecule has 0 saturated carbocycles. The van der Waals surface area contributed by atoms with Crippen molar-refractivity contribution in [2.75, 3.05) is 10.2 Å². The van der Waals surface area contributed by atoms with Crippen LogP contribution in [0.2, 0.25) is 0 Å². The van der Waals surface area contributed by atoms with Crippen molar-refractivity contribution in [2.24, 2.45) is 0 Å². The summed E-state index contributed by atoms with van der Waals surface area (Å²) in [6.45, 7) is 0. The fourth-order valence-electron chi connectivity index (χ4n) is 2.76. The van der Waals surface area contributed by atoms with Gasteiger partial charge in [-0.25, -0.2) is 0 Å². The first-order chi connectivity index (χ1) is 16.5. The lowest BCUT2D eigenvalue weighted by molar-refractivity contribution is 0.677. The van der Waals surface area contributed by atoms with Gasteiger partial charge in [-0.05, 0) is 48.5 Å². The van der Waals surface area contributed by atoms with Crippen molar-refractivity contribution in [1.82, 2.24) is 0 Å². The second-order valence-corrected chi connectivity index (χ2v) is 13.4. The predicted octanol–water partition coefficient (Wildman–Crippen LogP) is 5.12. The molecule has 4 rings (SSSR count). The summed E-state index contributed by atoms with van der Waals surface area (Å²) >= 11 is 0. The Morgan fingerprint density at radius 1 is 0.324 bits per heavy atom. The monoisotopic (exact) mass is 528 g/mol. The van der Waals surface area contributed by atoms with Gasteiger partial charge in [0.05, 0.1) is 43.2 Å². The summed E-state index contributed by atoms with van der Waals surface area (Å²) in [5.41, 5.74) is 0. The first-order valence-electron chi connectivity index (χ1n) is 10.3. The van der Waals surface area contributed by atoms with Crippen molar-refractivity contribution in [2.45, 2.75) is 19.6 Å². The predicted molar refractivity (Wildman–Crippen MR) is 141 cm³/mol. The van der Waals surface area contributed by atoms with Crippen LogP contribution < -0.4 is 0 Å². The van der Waals surface area contributed by atoms with E-state index in [1.165, 1.54) is 0 Å². The lowest BCUT2D eigenvalue weighted by Crippen LogP contribution is -2.05. The van der Waals surface area contributed by atoms with Gasteiger partial charge >= 0.3 is 0 Å². The highest BCUT2D eigenvalue weighted by Crippen LogP contribution is 2.13. The number of rotatable bonds is 8. The molecular weight excluding hydrogens is 505 g/mol. The Labute approximate surface area is 210 Å². The van der Waals surface area contributed by atoms with Crippen molar-refractivity contribution in [3.63, 3.8) is 0 Å². The lowest BCUT2D eigenvalue weighted by Gasteiger charge is -2.02. The molecule has 176 valence electrons. The van der Waals surface area contributed by atoms with E-state index in [9.17, 15) is 16.8 Å². The Kier molecular flexibility index (Phi) is 10.8. The SMILES string of the molecule is O=[S@@](C[S@](=O)c1ccccc1)c1ccccc1.O=[S@@](C[S@](=O)c1ccccc1)c1ccccc1. The fraction of sp³-hybridized carbons (Fsp3) is 0.0769. The molecule has 0 radical (unpaired) electrons. The quantitative estimate of drug-likeness (QED) is 0.318. The second-order valence-electron chi connectivity index (χ2n) is 6.87. The van der Waals surface area contributed by atoms with E-state index in [1.807, 2.05) is 72.8 Å². The lowest BCUT2D eigenvalue weighted by atomic mass is 10.4. The summed E-state index contributed by atoms with van der Waals surface area (Å²) in [6.07, 6.45) is 0. The van der Waals surface area contributed by atoms with Gasteiger partial charge in [0.1, 0.15) is 10.2 Å². The Morgan fingerprint density at radius 2 is 0.500 bits per heavy atom. The highest BCUT2D eigenvalue weighted by atomic mass is 32.3. The minimum atomic E-state index is -1.21. The summed E-state index contributed by atoms with van der Waals surface area (Å²) in [5, 5.41) is 0.294. The van der Waals surface area contributed by atoms with Crippen LogP contribution in [0, 0.1) is 0 Å². The first kappa shape index (κ1) is 26.1. The van der Waals surface area contributed by atoms with Crippen LogP contribution in [0.1, 0.15) is 0 Å². The molecule has 0 aliphatic carbocycles. The largest absolute Gasteiger partial charge is 0.253 e. The topological polar surface area (TPSA) is 68.3 Å². The Morgan fingerprint density at radius 3 is 0.676 bits per heavy atom. The molecule has 0 amide bonds. The van der Waals surface area contributed by atoms with E-state index in [2.05, 4.69) is 0 Å². The molecule has 0 aliphatic rings. The highest BCUT2D eigenvalue weighted by molar-refractivity contribution is 8.02. The zero-order valence-corrected chi connectivity index (χ0v) is 21.5. The third-order valence-corrected chi connectivity index (χ3v) is 11.1. The van der Waals surface area contributed by atoms with E-state index in [4.69, 9.17) is 0 Å². The van der Waals surface area contributed by atoms with E-state index in [0.29, 0.717) is 0 Å². The molecular formula is C26H24O4S4. The van der Waals surface area contributed by atoms with E-state index in [-0.39, 0.29) is 10.2 Å². The van der Waals surface area contributed by atoms with Crippen LogP contribution in [-0.4, -0.2) is 27.0 Å². The van der Waals surface area contributed by atoms with Crippen LogP contribution in [0.25, 0.3) is 0 Å². The third-order valence-electron chi connectivity index (χ3n) is 4.45. The maximum Gasteiger partial charge on any atom is 0.108 e. The molecule has 4 aromatic carbocycles. The molecule has 4 aromatic rings. The maximum atomic E-state index is 11.9. The molecule has 4 nitrogen and oxygen atoms in total. The van der Waals surface area contributed by atoms with Crippen molar-refractivity contribution in [3.8, 4) is 0 Å². The summed E-state index contributed by atoms with van der Waals surface area (Å²) in [7, 11) is -4.86. The zero-order chi connectivity index (χ0) is 24.2. The zero-order valence-electron chi connectivity index (χ0n) is 18.2. The Bertz CT molecular complexity index is 1050. The van der Waals surface area contributed by atoms with Gasteiger partial charge in [-0.3, -0.25) is 16.8 Å². The summed E-state index contributed by atoms with van der Waals surface area (Å²) in [4.78, 5) is 2.88. The number of benzene rings is 4. The van der Waals surface area contributed by atoms with E-state index < -0.39 is 43.2 Å². The molecule has 0 heterocycles. The first-order valence-corrected chi connectivity index (χ1v) is 15.6. The standard InChI is InChI=1S/2C13H12O2S2/c2*14-16(12-7-3-1-4-8-12)11-17(15)13-9-5-2-6-10-13/h2*1-10H,11H2/t2*16-,17-/m00/s1. The van der Waals surface area contributed by atoms with Crippen LogP contribution in [-0.2, 0) is 43.2 Å². The summed E-state index contributed by atoms with van der Waals surface area (Å²) in [5.74, 6) is 0. The van der Waals surface area contributed by atoms with Gasteiger partial charge in [-0.15, -0.1) is 0 Å². The van der Waals surface area contributed by atoms with Crippen molar-refractivity contribution < 1.29 is 16.8 Å². The minimum absolute atomic E-state index is 0.147.